The molecule has 0 aliphatic carbocycles. The second kappa shape index (κ2) is 6.98. The van der Waals surface area contributed by atoms with E-state index in [1.807, 2.05) is 6.07 Å². The molecular formula is C18H24N6O. The van der Waals surface area contributed by atoms with Gasteiger partial charge in [-0.25, -0.2) is 4.98 Å². The highest BCUT2D eigenvalue weighted by atomic mass is 16.1. The largest absolute Gasteiger partial charge is 0.397 e. The van der Waals surface area contributed by atoms with Gasteiger partial charge in [0.05, 0.1) is 16.9 Å². The molecule has 5 N–H and O–H groups in total. The predicted octanol–water partition coefficient (Wildman–Crippen LogP) is 1.64. The highest BCUT2D eigenvalue weighted by molar-refractivity contribution is 6.04. The molecule has 1 aliphatic rings. The molecule has 7 nitrogen and oxygen atoms in total. The van der Waals surface area contributed by atoms with E-state index in [9.17, 15) is 4.79 Å². The monoisotopic (exact) mass is 340 g/mol. The molecule has 1 saturated heterocycles. The third kappa shape index (κ3) is 3.83. The fourth-order valence-corrected chi connectivity index (χ4v) is 2.93. The van der Waals surface area contributed by atoms with Crippen molar-refractivity contribution in [2.45, 2.75) is 12.5 Å². The highest BCUT2D eigenvalue weighted by Gasteiger charge is 2.24. The number of amides is 1. The molecule has 0 radical (unpaired) electrons. The van der Waals surface area contributed by atoms with Gasteiger partial charge in [0, 0.05) is 31.0 Å². The number of benzene rings is 1. The molecule has 1 atom stereocenters. The molecule has 0 bridgehead atoms. The summed E-state index contributed by atoms with van der Waals surface area (Å²) in [5, 5.41) is 2.80. The van der Waals surface area contributed by atoms with Crippen molar-refractivity contribution < 1.29 is 4.79 Å². The molecule has 132 valence electrons. The van der Waals surface area contributed by atoms with Crippen molar-refractivity contribution in [3.8, 4) is 0 Å². The van der Waals surface area contributed by atoms with E-state index in [0.29, 0.717) is 28.7 Å². The van der Waals surface area contributed by atoms with E-state index in [2.05, 4.69) is 34.2 Å². The molecule has 7 heteroatoms. The molecule has 1 aromatic heterocycles. The summed E-state index contributed by atoms with van der Waals surface area (Å²) >= 11 is 0. The van der Waals surface area contributed by atoms with Gasteiger partial charge < -0.3 is 26.6 Å². The van der Waals surface area contributed by atoms with Gasteiger partial charge in [-0.2, -0.15) is 0 Å². The van der Waals surface area contributed by atoms with Gasteiger partial charge in [-0.3, -0.25) is 4.79 Å². The number of likely N-dealkylation sites (N-methyl/N-ethyl adjacent to an activating group) is 1. The summed E-state index contributed by atoms with van der Waals surface area (Å²) in [6.45, 7) is 1.93. The molecule has 1 fully saturated rings. The lowest BCUT2D eigenvalue weighted by molar-refractivity contribution is 0.102. The molecule has 1 unspecified atom stereocenters. The molecule has 1 amide bonds. The van der Waals surface area contributed by atoms with Crippen LogP contribution in [0.2, 0.25) is 0 Å². The third-order valence-electron chi connectivity index (χ3n) is 4.57. The normalized spacial score (nSPS) is 17.1. The Hall–Kier alpha value is -2.80. The van der Waals surface area contributed by atoms with Crippen LogP contribution in [0.15, 0.2) is 36.5 Å². The van der Waals surface area contributed by atoms with E-state index < -0.39 is 0 Å². The average molecular weight is 340 g/mol. The van der Waals surface area contributed by atoms with E-state index in [1.165, 1.54) is 0 Å². The number of aromatic nitrogens is 1. The van der Waals surface area contributed by atoms with Crippen LogP contribution in [-0.4, -0.2) is 49.0 Å². The molecule has 3 rings (SSSR count). The number of pyridine rings is 1. The summed E-state index contributed by atoms with van der Waals surface area (Å²) in [6, 6.07) is 9.25. The zero-order chi connectivity index (χ0) is 18.0. The number of anilines is 4. The number of carbonyl (C=O) groups is 1. The molecule has 2 aromatic rings. The zero-order valence-corrected chi connectivity index (χ0v) is 14.6. The molecule has 2 heterocycles. The van der Waals surface area contributed by atoms with Crippen LogP contribution in [0.4, 0.5) is 22.9 Å². The van der Waals surface area contributed by atoms with Crippen LogP contribution in [0.3, 0.4) is 0 Å². The average Bonchev–Trinajstić information content (AvgIpc) is 3.09. The molecule has 0 saturated carbocycles. The Kier molecular flexibility index (Phi) is 4.76. The maximum Gasteiger partial charge on any atom is 0.257 e. The number of nitrogens with zero attached hydrogens (tertiary/aromatic N) is 3. The zero-order valence-electron chi connectivity index (χ0n) is 14.6. The van der Waals surface area contributed by atoms with Crippen molar-refractivity contribution >= 4 is 28.8 Å². The fourth-order valence-electron chi connectivity index (χ4n) is 2.93. The molecule has 1 aliphatic heterocycles. The summed E-state index contributed by atoms with van der Waals surface area (Å²) in [4.78, 5) is 21.3. The first-order chi connectivity index (χ1) is 11.9. The lowest BCUT2D eigenvalue weighted by atomic mass is 10.2. The minimum atomic E-state index is -0.226. The SMILES string of the molecule is CN(C)C1CCN(c2ccc(C(=O)Nc3ccc(N)c(N)c3)cn2)C1. The predicted molar refractivity (Wildman–Crippen MR) is 102 cm³/mol. The summed E-state index contributed by atoms with van der Waals surface area (Å²) in [6.07, 6.45) is 2.73. The van der Waals surface area contributed by atoms with Crippen LogP contribution in [0.25, 0.3) is 0 Å². The number of rotatable bonds is 4. The van der Waals surface area contributed by atoms with Gasteiger partial charge >= 0.3 is 0 Å². The van der Waals surface area contributed by atoms with E-state index in [1.54, 1.807) is 30.5 Å². The van der Waals surface area contributed by atoms with Crippen LogP contribution in [-0.2, 0) is 0 Å². The van der Waals surface area contributed by atoms with Crippen molar-refractivity contribution in [3.05, 3.63) is 42.1 Å². The maximum atomic E-state index is 12.3. The number of hydrogen-bond donors (Lipinski definition) is 3. The third-order valence-corrected chi connectivity index (χ3v) is 4.57. The molecule has 1 aromatic carbocycles. The van der Waals surface area contributed by atoms with Crippen LogP contribution >= 0.6 is 0 Å². The minimum absolute atomic E-state index is 0.226. The summed E-state index contributed by atoms with van der Waals surface area (Å²) < 4.78 is 0. The summed E-state index contributed by atoms with van der Waals surface area (Å²) in [7, 11) is 4.19. The lowest BCUT2D eigenvalue weighted by Gasteiger charge is -2.21. The molecule has 25 heavy (non-hydrogen) atoms. The van der Waals surface area contributed by atoms with Gasteiger partial charge in [-0.15, -0.1) is 0 Å². The second-order valence-electron chi connectivity index (χ2n) is 6.56. The Balaban J connectivity index is 1.65. The first-order valence-electron chi connectivity index (χ1n) is 8.28. The van der Waals surface area contributed by atoms with Gasteiger partial charge in [0.1, 0.15) is 5.82 Å². The Morgan fingerprint density at radius 1 is 1.24 bits per heavy atom. The Labute approximate surface area is 147 Å². The second-order valence-corrected chi connectivity index (χ2v) is 6.56. The van der Waals surface area contributed by atoms with Crippen molar-refractivity contribution in [2.24, 2.45) is 0 Å². The van der Waals surface area contributed by atoms with Gasteiger partial charge in [0.15, 0.2) is 0 Å². The van der Waals surface area contributed by atoms with Crippen LogP contribution in [0.1, 0.15) is 16.8 Å². The standard InChI is InChI=1S/C18H24N6O/c1-23(2)14-7-8-24(11-14)17-6-3-12(10-21-17)18(25)22-13-4-5-15(19)16(20)9-13/h3-6,9-10,14H,7-8,11,19-20H2,1-2H3,(H,22,25). The van der Waals surface area contributed by atoms with Gasteiger partial charge in [0.2, 0.25) is 0 Å². The fraction of sp³-hybridized carbons (Fsp3) is 0.333. The van der Waals surface area contributed by atoms with Gasteiger partial charge in [-0.05, 0) is 50.8 Å². The Bertz CT molecular complexity index is 759. The maximum absolute atomic E-state index is 12.3. The number of nitrogens with one attached hydrogen (secondary N) is 1. The quantitative estimate of drug-likeness (QED) is 0.732. The number of carbonyl (C=O) groups excluding carboxylic acids is 1. The number of nitrogens with two attached hydrogens (primary N) is 2. The van der Waals surface area contributed by atoms with Crippen LogP contribution < -0.4 is 21.7 Å². The Morgan fingerprint density at radius 2 is 2.04 bits per heavy atom. The first kappa shape index (κ1) is 17.0. The summed E-state index contributed by atoms with van der Waals surface area (Å²) in [5.74, 6) is 0.674. The highest BCUT2D eigenvalue weighted by Crippen LogP contribution is 2.22. The van der Waals surface area contributed by atoms with Crippen molar-refractivity contribution in [1.82, 2.24) is 9.88 Å². The van der Waals surface area contributed by atoms with E-state index in [4.69, 9.17) is 11.5 Å². The van der Waals surface area contributed by atoms with Crippen LogP contribution in [0.5, 0.6) is 0 Å². The van der Waals surface area contributed by atoms with E-state index in [0.717, 1.165) is 25.3 Å². The van der Waals surface area contributed by atoms with E-state index >= 15 is 0 Å². The number of nitrogen functional groups attached to an aromatic ring is 2. The Morgan fingerprint density at radius 3 is 2.64 bits per heavy atom. The molecular weight excluding hydrogens is 316 g/mol. The van der Waals surface area contributed by atoms with Gasteiger partial charge in [0.25, 0.3) is 5.91 Å². The van der Waals surface area contributed by atoms with Gasteiger partial charge in [-0.1, -0.05) is 0 Å². The van der Waals surface area contributed by atoms with E-state index in [-0.39, 0.29) is 5.91 Å². The van der Waals surface area contributed by atoms with Crippen molar-refractivity contribution in [3.63, 3.8) is 0 Å². The lowest BCUT2D eigenvalue weighted by Crippen LogP contribution is -2.31. The number of hydrogen-bond acceptors (Lipinski definition) is 6. The first-order valence-corrected chi connectivity index (χ1v) is 8.28. The van der Waals surface area contributed by atoms with Crippen molar-refractivity contribution in [2.75, 3.05) is 48.9 Å². The minimum Gasteiger partial charge on any atom is -0.397 e. The smallest absolute Gasteiger partial charge is 0.257 e. The van der Waals surface area contributed by atoms with Crippen LogP contribution in [0, 0.1) is 0 Å². The van der Waals surface area contributed by atoms with Crippen molar-refractivity contribution in [1.29, 1.82) is 0 Å². The topological polar surface area (TPSA) is 101 Å². The summed E-state index contributed by atoms with van der Waals surface area (Å²) in [5.41, 5.74) is 13.5. The molecule has 0 spiro atoms.